The van der Waals surface area contributed by atoms with Gasteiger partial charge in [-0.2, -0.15) is 0 Å². The lowest BCUT2D eigenvalue weighted by Crippen LogP contribution is -2.28. The highest BCUT2D eigenvalue weighted by atomic mass is 19.1. The molecule has 17 heavy (non-hydrogen) atoms. The summed E-state index contributed by atoms with van der Waals surface area (Å²) in [4.78, 5) is 0. The van der Waals surface area contributed by atoms with Gasteiger partial charge in [-0.25, -0.2) is 4.39 Å². The standard InChI is InChI=1S/C14H22FNO/c1-4-6-12(5-2)16-10-11-7-8-13(17-3)9-14(11)15/h7-9,12,16H,4-6,10H2,1-3H3. The van der Waals surface area contributed by atoms with E-state index in [1.165, 1.54) is 6.07 Å². The van der Waals surface area contributed by atoms with Gasteiger partial charge >= 0.3 is 0 Å². The molecule has 0 aromatic heterocycles. The summed E-state index contributed by atoms with van der Waals surface area (Å²) < 4.78 is 18.6. The summed E-state index contributed by atoms with van der Waals surface area (Å²) in [6.07, 6.45) is 3.36. The van der Waals surface area contributed by atoms with Crippen LogP contribution in [0.15, 0.2) is 18.2 Å². The number of rotatable bonds is 7. The van der Waals surface area contributed by atoms with E-state index in [1.54, 1.807) is 19.2 Å². The van der Waals surface area contributed by atoms with E-state index >= 15 is 0 Å². The molecule has 0 fully saturated rings. The van der Waals surface area contributed by atoms with Crippen molar-refractivity contribution >= 4 is 0 Å². The monoisotopic (exact) mass is 239 g/mol. The quantitative estimate of drug-likeness (QED) is 0.786. The van der Waals surface area contributed by atoms with Crippen LogP contribution in [0.5, 0.6) is 5.75 Å². The Morgan fingerprint density at radius 3 is 2.65 bits per heavy atom. The Bertz CT molecular complexity index is 341. The summed E-state index contributed by atoms with van der Waals surface area (Å²) in [5.74, 6) is 0.357. The van der Waals surface area contributed by atoms with E-state index < -0.39 is 0 Å². The maximum Gasteiger partial charge on any atom is 0.131 e. The summed E-state index contributed by atoms with van der Waals surface area (Å²) in [5, 5.41) is 3.38. The van der Waals surface area contributed by atoms with Gasteiger partial charge in [0.2, 0.25) is 0 Å². The second kappa shape index (κ2) is 7.28. The minimum absolute atomic E-state index is 0.205. The van der Waals surface area contributed by atoms with Crippen molar-refractivity contribution in [1.29, 1.82) is 0 Å². The molecule has 2 nitrogen and oxygen atoms in total. The van der Waals surface area contributed by atoms with Crippen molar-refractivity contribution in [3.63, 3.8) is 0 Å². The van der Waals surface area contributed by atoms with Gasteiger partial charge in [-0.3, -0.25) is 0 Å². The molecule has 0 aliphatic carbocycles. The fraction of sp³-hybridized carbons (Fsp3) is 0.571. The first kappa shape index (κ1) is 14.0. The van der Waals surface area contributed by atoms with E-state index in [2.05, 4.69) is 19.2 Å². The van der Waals surface area contributed by atoms with E-state index in [4.69, 9.17) is 4.74 Å². The van der Waals surface area contributed by atoms with Gasteiger partial charge in [0.25, 0.3) is 0 Å². The van der Waals surface area contributed by atoms with E-state index in [1.807, 2.05) is 0 Å². The predicted octanol–water partition coefficient (Wildman–Crippen LogP) is 3.50. The molecule has 0 radical (unpaired) electrons. The Morgan fingerprint density at radius 1 is 1.35 bits per heavy atom. The first-order valence-electron chi connectivity index (χ1n) is 6.27. The number of nitrogens with one attached hydrogen (secondary N) is 1. The van der Waals surface area contributed by atoms with Gasteiger partial charge < -0.3 is 10.1 Å². The lowest BCUT2D eigenvalue weighted by molar-refractivity contribution is 0.409. The number of halogens is 1. The van der Waals surface area contributed by atoms with Crippen LogP contribution in [0.25, 0.3) is 0 Å². The maximum atomic E-state index is 13.7. The Morgan fingerprint density at radius 2 is 2.12 bits per heavy atom. The molecule has 0 spiro atoms. The van der Waals surface area contributed by atoms with Crippen molar-refractivity contribution in [2.75, 3.05) is 7.11 Å². The second-order valence-electron chi connectivity index (χ2n) is 4.23. The zero-order valence-corrected chi connectivity index (χ0v) is 10.9. The summed E-state index contributed by atoms with van der Waals surface area (Å²) in [5.41, 5.74) is 0.695. The van der Waals surface area contributed by atoms with Crippen LogP contribution >= 0.6 is 0 Å². The molecule has 0 amide bonds. The molecule has 1 atom stereocenters. The third-order valence-electron chi connectivity index (χ3n) is 2.97. The van der Waals surface area contributed by atoms with Crippen LogP contribution in [-0.2, 0) is 6.54 Å². The van der Waals surface area contributed by atoms with E-state index in [9.17, 15) is 4.39 Å². The van der Waals surface area contributed by atoms with Gasteiger partial charge in [0, 0.05) is 24.2 Å². The van der Waals surface area contributed by atoms with Crippen LogP contribution in [0.4, 0.5) is 4.39 Å². The van der Waals surface area contributed by atoms with Gasteiger partial charge in [-0.1, -0.05) is 26.3 Å². The second-order valence-corrected chi connectivity index (χ2v) is 4.23. The number of methoxy groups -OCH3 is 1. The molecule has 0 bridgehead atoms. The van der Waals surface area contributed by atoms with Crippen molar-refractivity contribution in [2.45, 2.75) is 45.7 Å². The molecule has 1 N–H and O–H groups in total. The SMILES string of the molecule is CCCC(CC)NCc1ccc(OC)cc1F. The molecule has 1 unspecified atom stereocenters. The van der Waals surface area contributed by atoms with Crippen molar-refractivity contribution in [3.05, 3.63) is 29.6 Å². The molecule has 96 valence electrons. The van der Waals surface area contributed by atoms with Gasteiger partial charge in [0.1, 0.15) is 11.6 Å². The zero-order valence-electron chi connectivity index (χ0n) is 10.9. The summed E-state index contributed by atoms with van der Waals surface area (Å²) >= 11 is 0. The van der Waals surface area contributed by atoms with Crippen LogP contribution in [0, 0.1) is 5.82 Å². The van der Waals surface area contributed by atoms with Crippen LogP contribution < -0.4 is 10.1 Å². The average molecular weight is 239 g/mol. The number of hydrogen-bond donors (Lipinski definition) is 1. The summed E-state index contributed by atoms with van der Waals surface area (Å²) in [7, 11) is 1.54. The van der Waals surface area contributed by atoms with E-state index in [0.29, 0.717) is 23.9 Å². The first-order valence-corrected chi connectivity index (χ1v) is 6.27. The lowest BCUT2D eigenvalue weighted by Gasteiger charge is -2.16. The molecular formula is C14H22FNO. The Kier molecular flexibility index (Phi) is 5.98. The molecule has 0 aliphatic heterocycles. The van der Waals surface area contributed by atoms with Gasteiger partial charge in [0.15, 0.2) is 0 Å². The highest BCUT2D eigenvalue weighted by molar-refractivity contribution is 5.28. The molecule has 0 aliphatic rings. The van der Waals surface area contributed by atoms with Crippen LogP contribution in [0.2, 0.25) is 0 Å². The molecule has 0 saturated heterocycles. The fourth-order valence-corrected chi connectivity index (χ4v) is 1.85. The highest BCUT2D eigenvalue weighted by Gasteiger charge is 2.07. The minimum atomic E-state index is -0.205. The maximum absolute atomic E-state index is 13.7. The molecule has 1 rings (SSSR count). The first-order chi connectivity index (χ1) is 8.21. The van der Waals surface area contributed by atoms with Gasteiger partial charge in [-0.15, -0.1) is 0 Å². The number of hydrogen-bond acceptors (Lipinski definition) is 2. The molecular weight excluding hydrogens is 217 g/mol. The molecule has 1 aromatic rings. The molecule has 0 heterocycles. The smallest absolute Gasteiger partial charge is 0.131 e. The number of benzene rings is 1. The Balaban J connectivity index is 2.56. The van der Waals surface area contributed by atoms with Crippen molar-refractivity contribution in [1.82, 2.24) is 5.32 Å². The predicted molar refractivity (Wildman–Crippen MR) is 68.8 cm³/mol. The largest absolute Gasteiger partial charge is 0.497 e. The fourth-order valence-electron chi connectivity index (χ4n) is 1.85. The zero-order chi connectivity index (χ0) is 12.7. The van der Waals surface area contributed by atoms with Gasteiger partial charge in [0.05, 0.1) is 7.11 Å². The van der Waals surface area contributed by atoms with Crippen LogP contribution in [0.1, 0.15) is 38.7 Å². The van der Waals surface area contributed by atoms with Crippen molar-refractivity contribution in [3.8, 4) is 5.75 Å². The minimum Gasteiger partial charge on any atom is -0.497 e. The van der Waals surface area contributed by atoms with Gasteiger partial charge in [-0.05, 0) is 18.9 Å². The third kappa shape index (κ3) is 4.35. The normalized spacial score (nSPS) is 12.5. The van der Waals surface area contributed by atoms with Crippen molar-refractivity contribution < 1.29 is 9.13 Å². The number of ether oxygens (including phenoxy) is 1. The topological polar surface area (TPSA) is 21.3 Å². The average Bonchev–Trinajstić information content (AvgIpc) is 2.35. The van der Waals surface area contributed by atoms with Crippen LogP contribution in [-0.4, -0.2) is 13.2 Å². The Hall–Kier alpha value is -1.09. The van der Waals surface area contributed by atoms with Crippen molar-refractivity contribution in [2.24, 2.45) is 0 Å². The lowest BCUT2D eigenvalue weighted by atomic mass is 10.1. The summed E-state index contributed by atoms with van der Waals surface area (Å²) in [6.45, 7) is 4.89. The Labute approximate surface area is 103 Å². The molecule has 1 aromatic carbocycles. The molecule has 0 saturated carbocycles. The summed E-state index contributed by atoms with van der Waals surface area (Å²) in [6, 6.07) is 5.47. The highest BCUT2D eigenvalue weighted by Crippen LogP contribution is 2.16. The third-order valence-corrected chi connectivity index (χ3v) is 2.97. The molecule has 3 heteroatoms. The van der Waals surface area contributed by atoms with Crippen LogP contribution in [0.3, 0.4) is 0 Å². The van der Waals surface area contributed by atoms with E-state index in [-0.39, 0.29) is 5.82 Å². The van der Waals surface area contributed by atoms with E-state index in [0.717, 1.165) is 19.3 Å².